The van der Waals surface area contributed by atoms with E-state index in [9.17, 15) is 0 Å². The Labute approximate surface area is 343 Å². The predicted molar refractivity (Wildman–Crippen MR) is 247 cm³/mol. The summed E-state index contributed by atoms with van der Waals surface area (Å²) in [7, 11) is -0.854. The predicted octanol–water partition coefficient (Wildman–Crippen LogP) is 10.5. The van der Waals surface area contributed by atoms with Crippen LogP contribution in [-0.2, 0) is 12.5 Å². The topological polar surface area (TPSA) is 34.0 Å². The van der Waals surface area contributed by atoms with Gasteiger partial charge < -0.3 is 4.57 Å². The number of pyridine rings is 1. The summed E-state index contributed by atoms with van der Waals surface area (Å²) in [5, 5.41) is 7.88. The molecule has 0 radical (unpaired) electrons. The van der Waals surface area contributed by atoms with Crippen LogP contribution in [0.3, 0.4) is 0 Å². The number of anilines is 3. The highest BCUT2D eigenvalue weighted by molar-refractivity contribution is 7.25. The minimum Gasteiger partial charge on any atom is -0.327 e. The van der Waals surface area contributed by atoms with Crippen LogP contribution in [0.15, 0.2) is 188 Å². The standard InChI is InChI=1S/C52H40N4SSi/c1-52(2)43-26-16-30-53-51(43)56(47-34-49-42(33-44(47)52)41-25-10-13-29-48(41)57-49)36-18-15-24-40(32-36)58(37-19-6-4-7-20-37,38-21-8-5-9-22-38)39-23-14-17-35(31-39)50-54-45-27-11-12-28-46(45)55(50)3/h4-34H,1-3H3. The Balaban J connectivity index is 1.18. The highest BCUT2D eigenvalue weighted by Crippen LogP contribution is 2.53. The zero-order valence-electron chi connectivity index (χ0n) is 32.6. The fourth-order valence-electron chi connectivity index (χ4n) is 9.58. The Kier molecular flexibility index (Phi) is 7.90. The number of aromatic nitrogens is 3. The maximum absolute atomic E-state index is 5.16. The minimum absolute atomic E-state index is 0.257. The third-order valence-electron chi connectivity index (χ3n) is 12.4. The Morgan fingerprint density at radius 2 is 1.22 bits per heavy atom. The van der Waals surface area contributed by atoms with Crippen molar-refractivity contribution in [2.75, 3.05) is 4.90 Å². The molecule has 0 fully saturated rings. The first-order valence-corrected chi connectivity index (χ1v) is 22.7. The number of hydrogen-bond acceptors (Lipinski definition) is 4. The van der Waals surface area contributed by atoms with Crippen LogP contribution in [0.4, 0.5) is 17.2 Å². The lowest BCUT2D eigenvalue weighted by Gasteiger charge is -2.41. The molecule has 0 atom stereocenters. The van der Waals surface area contributed by atoms with E-state index in [2.05, 4.69) is 212 Å². The number of aryl methyl sites for hydroxylation is 1. The number of thiophene rings is 1. The number of fused-ring (bicyclic) bond motifs is 6. The molecule has 4 heterocycles. The van der Waals surface area contributed by atoms with Crippen molar-refractivity contribution >= 4 is 88.6 Å². The third kappa shape index (κ3) is 5.12. The van der Waals surface area contributed by atoms with Crippen LogP contribution in [0.1, 0.15) is 25.0 Å². The van der Waals surface area contributed by atoms with E-state index in [0.717, 1.165) is 33.9 Å². The Bertz CT molecular complexity index is 3140. The summed E-state index contributed by atoms with van der Waals surface area (Å²) in [5.74, 6) is 1.94. The van der Waals surface area contributed by atoms with E-state index in [1.165, 1.54) is 57.7 Å². The summed E-state index contributed by atoms with van der Waals surface area (Å²) in [6, 6.07) is 67.3. The van der Waals surface area contributed by atoms with E-state index in [1.54, 1.807) is 0 Å². The van der Waals surface area contributed by atoms with E-state index < -0.39 is 8.07 Å². The van der Waals surface area contributed by atoms with Gasteiger partial charge >= 0.3 is 0 Å². The maximum Gasteiger partial charge on any atom is 0.179 e. The average Bonchev–Trinajstić information content (AvgIpc) is 3.81. The summed E-state index contributed by atoms with van der Waals surface area (Å²) in [5.41, 5.74) is 7.78. The number of para-hydroxylation sites is 2. The zero-order chi connectivity index (χ0) is 39.0. The molecule has 1 aliphatic rings. The molecule has 0 saturated carbocycles. The van der Waals surface area contributed by atoms with Gasteiger partial charge in [-0.05, 0) is 74.8 Å². The lowest BCUT2D eigenvalue weighted by atomic mass is 9.74. The Morgan fingerprint density at radius 3 is 2.00 bits per heavy atom. The van der Waals surface area contributed by atoms with Crippen LogP contribution >= 0.6 is 11.3 Å². The molecule has 58 heavy (non-hydrogen) atoms. The lowest BCUT2D eigenvalue weighted by molar-refractivity contribution is 0.628. The summed E-state index contributed by atoms with van der Waals surface area (Å²) in [4.78, 5) is 12.7. The summed E-state index contributed by atoms with van der Waals surface area (Å²) in [6.07, 6.45) is 1.94. The molecule has 11 rings (SSSR count). The molecule has 0 saturated heterocycles. The molecule has 0 aliphatic carbocycles. The largest absolute Gasteiger partial charge is 0.327 e. The first kappa shape index (κ1) is 34.6. The summed E-state index contributed by atoms with van der Waals surface area (Å²) >= 11 is 1.87. The van der Waals surface area contributed by atoms with Gasteiger partial charge in [-0.3, -0.25) is 4.90 Å². The highest BCUT2D eigenvalue weighted by atomic mass is 32.1. The van der Waals surface area contributed by atoms with Crippen molar-refractivity contribution in [2.24, 2.45) is 7.05 Å². The van der Waals surface area contributed by atoms with E-state index in [-0.39, 0.29) is 5.41 Å². The van der Waals surface area contributed by atoms with Crippen molar-refractivity contribution in [3.8, 4) is 11.4 Å². The van der Waals surface area contributed by atoms with E-state index in [1.807, 2.05) is 17.5 Å². The van der Waals surface area contributed by atoms with Crippen molar-refractivity contribution in [2.45, 2.75) is 19.3 Å². The molecule has 3 aromatic heterocycles. The molecule has 0 unspecified atom stereocenters. The number of nitrogens with zero attached hydrogens (tertiary/aromatic N) is 4. The lowest BCUT2D eigenvalue weighted by Crippen LogP contribution is -2.74. The van der Waals surface area contributed by atoms with Gasteiger partial charge in [-0.25, -0.2) is 9.97 Å². The normalized spacial score (nSPS) is 13.5. The molecule has 0 spiro atoms. The molecule has 0 bridgehead atoms. The second-order valence-corrected chi connectivity index (χ2v) is 20.8. The summed E-state index contributed by atoms with van der Waals surface area (Å²) < 4.78 is 4.81. The van der Waals surface area contributed by atoms with Gasteiger partial charge in [0, 0.05) is 55.6 Å². The van der Waals surface area contributed by atoms with Crippen molar-refractivity contribution in [1.82, 2.24) is 14.5 Å². The fraction of sp³-hybridized carbons (Fsp3) is 0.0769. The third-order valence-corrected chi connectivity index (χ3v) is 18.3. The molecule has 4 nitrogen and oxygen atoms in total. The zero-order valence-corrected chi connectivity index (χ0v) is 34.4. The number of hydrogen-bond donors (Lipinski definition) is 0. The highest BCUT2D eigenvalue weighted by Gasteiger charge is 2.43. The Hall–Kier alpha value is -6.60. The van der Waals surface area contributed by atoms with Gasteiger partial charge in [0.15, 0.2) is 8.07 Å². The molecule has 6 heteroatoms. The number of imidazole rings is 1. The smallest absolute Gasteiger partial charge is 0.179 e. The van der Waals surface area contributed by atoms with Crippen molar-refractivity contribution in [3.63, 3.8) is 0 Å². The van der Waals surface area contributed by atoms with Crippen LogP contribution in [0.2, 0.25) is 0 Å². The average molecular weight is 781 g/mol. The van der Waals surface area contributed by atoms with Gasteiger partial charge in [0.2, 0.25) is 0 Å². The summed E-state index contributed by atoms with van der Waals surface area (Å²) in [6.45, 7) is 4.70. The van der Waals surface area contributed by atoms with Crippen LogP contribution in [0.25, 0.3) is 42.6 Å². The monoisotopic (exact) mass is 780 g/mol. The van der Waals surface area contributed by atoms with Crippen LogP contribution < -0.4 is 25.6 Å². The van der Waals surface area contributed by atoms with Gasteiger partial charge in [-0.1, -0.05) is 147 Å². The van der Waals surface area contributed by atoms with E-state index >= 15 is 0 Å². The van der Waals surface area contributed by atoms with Gasteiger partial charge in [0.1, 0.15) is 11.6 Å². The second-order valence-electron chi connectivity index (χ2n) is 15.9. The van der Waals surface area contributed by atoms with Crippen LogP contribution in [-0.4, -0.2) is 22.6 Å². The Morgan fingerprint density at radius 1 is 0.552 bits per heavy atom. The van der Waals surface area contributed by atoms with Crippen LogP contribution in [0, 0.1) is 0 Å². The van der Waals surface area contributed by atoms with Gasteiger partial charge in [0.25, 0.3) is 0 Å². The molecule has 1 aliphatic heterocycles. The van der Waals surface area contributed by atoms with Gasteiger partial charge in [0.05, 0.1) is 16.7 Å². The molecule has 10 aromatic rings. The van der Waals surface area contributed by atoms with E-state index in [0.29, 0.717) is 0 Å². The first-order chi connectivity index (χ1) is 28.4. The minimum atomic E-state index is -2.98. The number of benzene rings is 7. The molecule has 7 aromatic carbocycles. The second kappa shape index (κ2) is 13.2. The SMILES string of the molecule is Cn1c(-c2cccc([Si](c3ccccc3)(c3ccccc3)c3cccc(N4c5cc6sc7ccccc7c6cc5C(C)(C)c5cccnc54)c3)c2)nc2ccccc21. The van der Waals surface area contributed by atoms with Crippen molar-refractivity contribution < 1.29 is 0 Å². The quantitative estimate of drug-likeness (QED) is 0.125. The first-order valence-electron chi connectivity index (χ1n) is 19.9. The molecule has 0 N–H and O–H groups in total. The molecule has 0 amide bonds. The fourth-order valence-corrected chi connectivity index (χ4v) is 15.5. The van der Waals surface area contributed by atoms with Crippen molar-refractivity contribution in [3.05, 3.63) is 199 Å². The molecular weight excluding hydrogens is 741 g/mol. The van der Waals surface area contributed by atoms with Crippen molar-refractivity contribution in [1.29, 1.82) is 0 Å². The van der Waals surface area contributed by atoms with E-state index in [4.69, 9.17) is 9.97 Å². The maximum atomic E-state index is 5.16. The van der Waals surface area contributed by atoms with Gasteiger partial charge in [-0.15, -0.1) is 11.3 Å². The number of rotatable bonds is 6. The molecule has 278 valence electrons. The van der Waals surface area contributed by atoms with Gasteiger partial charge in [-0.2, -0.15) is 0 Å². The molecular formula is C52H40N4SSi. The van der Waals surface area contributed by atoms with Crippen LogP contribution in [0.5, 0.6) is 0 Å².